The first-order valence-corrected chi connectivity index (χ1v) is 3.80. The minimum Gasteiger partial charge on any atom is -0.321 e. The number of aromatic nitrogens is 2. The highest BCUT2D eigenvalue weighted by molar-refractivity contribution is 5.08. The van der Waals surface area contributed by atoms with Crippen LogP contribution in [0.4, 0.5) is 0 Å². The largest absolute Gasteiger partial charge is 0.321 e. The SMILES string of the molecule is N#CCn1ccnc1C1CC1. The maximum atomic E-state index is 8.47. The minimum absolute atomic E-state index is 0.436. The molecule has 0 bridgehead atoms. The van der Waals surface area contributed by atoms with E-state index in [0.717, 1.165) is 5.82 Å². The molecule has 1 aliphatic carbocycles. The molecule has 0 aromatic carbocycles. The molecule has 0 unspecified atom stereocenters. The van der Waals surface area contributed by atoms with Gasteiger partial charge in [-0.2, -0.15) is 5.26 Å². The highest BCUT2D eigenvalue weighted by Crippen LogP contribution is 2.38. The Bertz CT molecular complexity index is 291. The summed E-state index contributed by atoms with van der Waals surface area (Å²) in [6, 6.07) is 2.12. The average Bonchev–Trinajstić information content (AvgIpc) is 2.75. The van der Waals surface area contributed by atoms with Gasteiger partial charge < -0.3 is 4.57 Å². The Morgan fingerprint density at radius 3 is 3.18 bits per heavy atom. The summed E-state index contributed by atoms with van der Waals surface area (Å²) in [7, 11) is 0. The molecule has 2 rings (SSSR count). The van der Waals surface area contributed by atoms with Gasteiger partial charge in [0.25, 0.3) is 0 Å². The lowest BCUT2D eigenvalue weighted by molar-refractivity contribution is 0.748. The van der Waals surface area contributed by atoms with E-state index in [2.05, 4.69) is 11.1 Å². The van der Waals surface area contributed by atoms with E-state index in [1.807, 2.05) is 10.8 Å². The molecule has 1 fully saturated rings. The van der Waals surface area contributed by atoms with Crippen LogP contribution in [0.5, 0.6) is 0 Å². The van der Waals surface area contributed by atoms with Crippen LogP contribution < -0.4 is 0 Å². The van der Waals surface area contributed by atoms with Gasteiger partial charge in [0.2, 0.25) is 0 Å². The molecule has 11 heavy (non-hydrogen) atoms. The molecule has 1 saturated carbocycles. The standard InChI is InChI=1S/C8H9N3/c9-3-5-11-6-4-10-8(11)7-1-2-7/h4,6-7H,1-2,5H2. The van der Waals surface area contributed by atoms with E-state index in [9.17, 15) is 0 Å². The topological polar surface area (TPSA) is 41.6 Å². The number of nitrogens with zero attached hydrogens (tertiary/aromatic N) is 3. The predicted molar refractivity (Wildman–Crippen MR) is 39.8 cm³/mol. The number of hydrogen-bond donors (Lipinski definition) is 0. The molecule has 1 aromatic rings. The van der Waals surface area contributed by atoms with E-state index in [4.69, 9.17) is 5.26 Å². The summed E-state index contributed by atoms with van der Waals surface area (Å²) in [5, 5.41) is 8.47. The second kappa shape index (κ2) is 2.39. The van der Waals surface area contributed by atoms with E-state index in [1.54, 1.807) is 6.20 Å². The number of hydrogen-bond acceptors (Lipinski definition) is 2. The molecule has 0 radical (unpaired) electrons. The fourth-order valence-corrected chi connectivity index (χ4v) is 1.23. The maximum absolute atomic E-state index is 8.47. The molecule has 0 amide bonds. The van der Waals surface area contributed by atoms with E-state index in [0.29, 0.717) is 12.5 Å². The lowest BCUT2D eigenvalue weighted by Gasteiger charge is -1.98. The van der Waals surface area contributed by atoms with Gasteiger partial charge in [0.05, 0.1) is 6.07 Å². The zero-order valence-electron chi connectivity index (χ0n) is 6.20. The number of nitriles is 1. The van der Waals surface area contributed by atoms with Gasteiger partial charge >= 0.3 is 0 Å². The Morgan fingerprint density at radius 2 is 2.55 bits per heavy atom. The van der Waals surface area contributed by atoms with E-state index >= 15 is 0 Å². The molecule has 0 spiro atoms. The highest BCUT2D eigenvalue weighted by Gasteiger charge is 2.27. The van der Waals surface area contributed by atoms with Crippen LogP contribution in [0.1, 0.15) is 24.6 Å². The molecule has 0 aliphatic heterocycles. The van der Waals surface area contributed by atoms with Crippen molar-refractivity contribution in [2.24, 2.45) is 0 Å². The van der Waals surface area contributed by atoms with Crippen LogP contribution in [0.25, 0.3) is 0 Å². The molecule has 0 atom stereocenters. The molecule has 1 aromatic heterocycles. The zero-order chi connectivity index (χ0) is 7.68. The third-order valence-corrected chi connectivity index (χ3v) is 1.93. The Labute approximate surface area is 65.3 Å². The van der Waals surface area contributed by atoms with Crippen molar-refractivity contribution in [3.8, 4) is 6.07 Å². The van der Waals surface area contributed by atoms with Crippen molar-refractivity contribution < 1.29 is 0 Å². The fraction of sp³-hybridized carbons (Fsp3) is 0.500. The van der Waals surface area contributed by atoms with Crippen molar-refractivity contribution in [2.75, 3.05) is 0 Å². The van der Waals surface area contributed by atoms with E-state index < -0.39 is 0 Å². The van der Waals surface area contributed by atoms with Gasteiger partial charge in [-0.3, -0.25) is 0 Å². The van der Waals surface area contributed by atoms with Crippen molar-refractivity contribution >= 4 is 0 Å². The van der Waals surface area contributed by atoms with E-state index in [-0.39, 0.29) is 0 Å². The van der Waals surface area contributed by atoms with Gasteiger partial charge in [0, 0.05) is 18.3 Å². The van der Waals surface area contributed by atoms with Gasteiger partial charge in [-0.1, -0.05) is 0 Å². The van der Waals surface area contributed by atoms with Gasteiger partial charge in [-0.05, 0) is 12.8 Å². The summed E-state index contributed by atoms with van der Waals surface area (Å²) in [5.74, 6) is 1.73. The van der Waals surface area contributed by atoms with Crippen LogP contribution in [0.15, 0.2) is 12.4 Å². The van der Waals surface area contributed by atoms with Crippen LogP contribution >= 0.6 is 0 Å². The average molecular weight is 147 g/mol. The second-order valence-corrected chi connectivity index (χ2v) is 2.85. The molecule has 1 aliphatic rings. The quantitative estimate of drug-likeness (QED) is 0.632. The molecular weight excluding hydrogens is 138 g/mol. The second-order valence-electron chi connectivity index (χ2n) is 2.85. The van der Waals surface area contributed by atoms with Crippen LogP contribution in [0, 0.1) is 11.3 Å². The molecule has 0 saturated heterocycles. The van der Waals surface area contributed by atoms with E-state index in [1.165, 1.54) is 12.8 Å². The Morgan fingerprint density at radius 1 is 1.73 bits per heavy atom. The Balaban J connectivity index is 2.24. The number of imidazole rings is 1. The third-order valence-electron chi connectivity index (χ3n) is 1.93. The maximum Gasteiger partial charge on any atom is 0.112 e. The van der Waals surface area contributed by atoms with Crippen LogP contribution in [-0.4, -0.2) is 9.55 Å². The van der Waals surface area contributed by atoms with Crippen molar-refractivity contribution in [1.82, 2.24) is 9.55 Å². The van der Waals surface area contributed by atoms with Crippen molar-refractivity contribution in [3.63, 3.8) is 0 Å². The molecule has 56 valence electrons. The monoisotopic (exact) mass is 147 g/mol. The summed E-state index contributed by atoms with van der Waals surface area (Å²) in [6.45, 7) is 0.436. The fourth-order valence-electron chi connectivity index (χ4n) is 1.23. The Kier molecular flexibility index (Phi) is 1.39. The first-order chi connectivity index (χ1) is 5.42. The summed E-state index contributed by atoms with van der Waals surface area (Å²) in [6.07, 6.45) is 6.12. The van der Waals surface area contributed by atoms with Crippen molar-refractivity contribution in [2.45, 2.75) is 25.3 Å². The normalized spacial score (nSPS) is 16.3. The molecule has 3 heteroatoms. The third kappa shape index (κ3) is 1.12. The minimum atomic E-state index is 0.436. The van der Waals surface area contributed by atoms with Crippen molar-refractivity contribution in [3.05, 3.63) is 18.2 Å². The smallest absolute Gasteiger partial charge is 0.112 e. The van der Waals surface area contributed by atoms with Crippen LogP contribution in [-0.2, 0) is 6.54 Å². The molecular formula is C8H9N3. The van der Waals surface area contributed by atoms with Gasteiger partial charge in [-0.15, -0.1) is 0 Å². The first kappa shape index (κ1) is 6.41. The summed E-state index contributed by atoms with van der Waals surface area (Å²) < 4.78 is 1.93. The lowest BCUT2D eigenvalue weighted by atomic mass is 10.4. The molecule has 3 nitrogen and oxygen atoms in total. The predicted octanol–water partition coefficient (Wildman–Crippen LogP) is 1.28. The Hall–Kier alpha value is -1.30. The molecule has 1 heterocycles. The summed E-state index contributed by atoms with van der Waals surface area (Å²) in [4.78, 5) is 4.21. The van der Waals surface area contributed by atoms with Crippen LogP contribution in [0.3, 0.4) is 0 Å². The van der Waals surface area contributed by atoms with Crippen LogP contribution in [0.2, 0.25) is 0 Å². The summed E-state index contributed by atoms with van der Waals surface area (Å²) in [5.41, 5.74) is 0. The lowest BCUT2D eigenvalue weighted by Crippen LogP contribution is -1.99. The van der Waals surface area contributed by atoms with Gasteiger partial charge in [0.1, 0.15) is 12.4 Å². The van der Waals surface area contributed by atoms with Gasteiger partial charge in [0.15, 0.2) is 0 Å². The van der Waals surface area contributed by atoms with Gasteiger partial charge in [-0.25, -0.2) is 4.98 Å². The highest BCUT2D eigenvalue weighted by atomic mass is 15.1. The number of rotatable bonds is 2. The zero-order valence-corrected chi connectivity index (χ0v) is 6.20. The molecule has 0 N–H and O–H groups in total. The van der Waals surface area contributed by atoms with Crippen molar-refractivity contribution in [1.29, 1.82) is 5.26 Å². The summed E-state index contributed by atoms with van der Waals surface area (Å²) >= 11 is 0. The first-order valence-electron chi connectivity index (χ1n) is 3.80.